The zero-order valence-corrected chi connectivity index (χ0v) is 25.9. The smallest absolute Gasteiger partial charge is 0.310 e. The largest absolute Gasteiger partial charge is 0.465 e. The van der Waals surface area contributed by atoms with Crippen molar-refractivity contribution in [3.8, 4) is 0 Å². The number of thioether (sulfide) groups is 1. The van der Waals surface area contributed by atoms with Gasteiger partial charge in [0.1, 0.15) is 6.04 Å². The Morgan fingerprint density at radius 3 is 2.49 bits per heavy atom. The van der Waals surface area contributed by atoms with E-state index in [0.717, 1.165) is 48.1 Å². The topological polar surface area (TPSA) is 87.1 Å². The standard InChI is InChI=1S/C35H42N2O5S/c1-5-7-8-12-21-42-34(41)28-27-18-19-35(43-27)29(28)32(39)37(26(22-38)25-16-10-9-11-17-25)31(35)33(40)36(20-6-2)30-23(3)14-13-15-24(30)4/h5-6,9-11,13-17,26-29,31,38H,1-2,7-8,12,18-22H2,3-4H3/t26-,27-,28+,29+,31?,35?/m1/s1. The SMILES string of the molecule is C=CCCCCOC(=O)[C@@H]1[C@H]2C(=O)N([C@H](CO)c3ccccc3)C(C(=O)N(CC=C)c3c(C)cccc3C)C23CC[C@H]1S3. The number of aliphatic hydroxyl groups excluding tert-OH is 1. The van der Waals surface area contributed by atoms with E-state index in [1.165, 1.54) is 0 Å². The summed E-state index contributed by atoms with van der Waals surface area (Å²) in [6, 6.07) is 13.6. The Morgan fingerprint density at radius 1 is 1.12 bits per heavy atom. The minimum atomic E-state index is -0.873. The third-order valence-electron chi connectivity index (χ3n) is 9.27. The Balaban J connectivity index is 1.58. The van der Waals surface area contributed by atoms with E-state index >= 15 is 0 Å². The second-order valence-corrected chi connectivity index (χ2v) is 13.4. The van der Waals surface area contributed by atoms with Gasteiger partial charge in [0.25, 0.3) is 5.91 Å². The summed E-state index contributed by atoms with van der Waals surface area (Å²) in [6.07, 6.45) is 7.37. The third kappa shape index (κ3) is 5.44. The molecule has 2 aromatic carbocycles. The average molecular weight is 603 g/mol. The maximum Gasteiger partial charge on any atom is 0.310 e. The number of hydrogen-bond donors (Lipinski definition) is 1. The van der Waals surface area contributed by atoms with Gasteiger partial charge in [-0.05, 0) is 62.6 Å². The molecule has 1 spiro atoms. The lowest BCUT2D eigenvalue weighted by Crippen LogP contribution is -2.56. The van der Waals surface area contributed by atoms with Gasteiger partial charge in [0.2, 0.25) is 5.91 Å². The van der Waals surface area contributed by atoms with Crippen molar-refractivity contribution in [3.05, 3.63) is 90.5 Å². The van der Waals surface area contributed by atoms with E-state index < -0.39 is 28.7 Å². The molecule has 2 amide bonds. The maximum atomic E-state index is 15.0. The Hall–Kier alpha value is -3.36. The van der Waals surface area contributed by atoms with E-state index in [4.69, 9.17) is 4.74 Å². The lowest BCUT2D eigenvalue weighted by Gasteiger charge is -2.40. The first-order valence-electron chi connectivity index (χ1n) is 15.2. The fraction of sp³-hybridized carbons (Fsp3) is 0.457. The van der Waals surface area contributed by atoms with Gasteiger partial charge in [0.05, 0.1) is 35.8 Å². The van der Waals surface area contributed by atoms with Gasteiger partial charge in [0, 0.05) is 17.5 Å². The number of hydrogen-bond acceptors (Lipinski definition) is 6. The number of anilines is 1. The van der Waals surface area contributed by atoms with Crippen LogP contribution >= 0.6 is 11.8 Å². The van der Waals surface area contributed by atoms with Gasteiger partial charge in [0.15, 0.2) is 0 Å². The molecule has 3 heterocycles. The number of allylic oxidation sites excluding steroid dienone is 1. The molecule has 1 N–H and O–H groups in total. The van der Waals surface area contributed by atoms with Crippen LogP contribution in [0, 0.1) is 25.7 Å². The highest BCUT2D eigenvalue weighted by atomic mass is 32.2. The maximum absolute atomic E-state index is 15.0. The number of aryl methyl sites for hydroxylation is 2. The highest BCUT2D eigenvalue weighted by molar-refractivity contribution is 8.02. The summed E-state index contributed by atoms with van der Waals surface area (Å²) in [5.41, 5.74) is 3.44. The molecule has 7 nitrogen and oxygen atoms in total. The number of fused-ring (bicyclic) bond motifs is 1. The molecule has 3 fully saturated rings. The Kier molecular flexibility index (Phi) is 9.47. The van der Waals surface area contributed by atoms with Gasteiger partial charge in [-0.15, -0.1) is 24.9 Å². The monoisotopic (exact) mass is 602 g/mol. The minimum absolute atomic E-state index is 0.0931. The normalized spacial score (nSPS) is 26.2. The zero-order valence-electron chi connectivity index (χ0n) is 25.1. The number of unbranched alkanes of at least 4 members (excludes halogenated alkanes) is 2. The molecule has 3 aliphatic rings. The lowest BCUT2D eigenvalue weighted by atomic mass is 9.71. The highest BCUT2D eigenvalue weighted by Gasteiger charge is 2.75. The predicted octanol–water partition coefficient (Wildman–Crippen LogP) is 5.55. The number of amides is 2. The molecule has 2 aromatic rings. The number of carbonyl (C=O) groups is 3. The molecule has 0 radical (unpaired) electrons. The molecule has 5 rings (SSSR count). The molecular weight excluding hydrogens is 560 g/mol. The number of rotatable bonds is 13. The van der Waals surface area contributed by atoms with Gasteiger partial charge < -0.3 is 19.6 Å². The summed E-state index contributed by atoms with van der Waals surface area (Å²) in [4.78, 5) is 46.6. The van der Waals surface area contributed by atoms with Crippen molar-refractivity contribution in [2.24, 2.45) is 11.8 Å². The van der Waals surface area contributed by atoms with Crippen LogP contribution in [0.15, 0.2) is 73.8 Å². The van der Waals surface area contributed by atoms with Gasteiger partial charge in [-0.2, -0.15) is 0 Å². The van der Waals surface area contributed by atoms with Crippen LogP contribution in [0.4, 0.5) is 5.69 Å². The van der Waals surface area contributed by atoms with E-state index in [2.05, 4.69) is 13.2 Å². The van der Waals surface area contributed by atoms with E-state index in [1.54, 1.807) is 27.6 Å². The van der Waals surface area contributed by atoms with Crippen LogP contribution < -0.4 is 4.90 Å². The number of benzene rings is 2. The van der Waals surface area contributed by atoms with Gasteiger partial charge in [-0.1, -0.05) is 60.7 Å². The molecule has 43 heavy (non-hydrogen) atoms. The summed E-state index contributed by atoms with van der Waals surface area (Å²) >= 11 is 1.61. The fourth-order valence-corrected chi connectivity index (χ4v) is 9.65. The van der Waals surface area contributed by atoms with Crippen molar-refractivity contribution in [3.63, 3.8) is 0 Å². The van der Waals surface area contributed by atoms with E-state index in [0.29, 0.717) is 13.0 Å². The van der Waals surface area contributed by atoms with Crippen LogP contribution in [0.3, 0.4) is 0 Å². The number of nitrogens with zero attached hydrogens (tertiary/aromatic N) is 2. The molecule has 2 bridgehead atoms. The summed E-state index contributed by atoms with van der Waals surface area (Å²) in [5.74, 6) is -2.16. The summed E-state index contributed by atoms with van der Waals surface area (Å²) in [6.45, 7) is 11.8. The summed E-state index contributed by atoms with van der Waals surface area (Å²) < 4.78 is 4.95. The molecular formula is C35H42N2O5S. The van der Waals surface area contributed by atoms with Crippen LogP contribution in [-0.4, -0.2) is 63.6 Å². The first-order chi connectivity index (χ1) is 20.8. The van der Waals surface area contributed by atoms with E-state index in [9.17, 15) is 19.5 Å². The summed E-state index contributed by atoms with van der Waals surface area (Å²) in [5, 5.41) is 10.7. The molecule has 3 saturated heterocycles. The molecule has 2 unspecified atom stereocenters. The van der Waals surface area contributed by atoms with E-state index in [-0.39, 0.29) is 36.2 Å². The predicted molar refractivity (Wildman–Crippen MR) is 171 cm³/mol. The number of likely N-dealkylation sites (tertiary alicyclic amines) is 1. The van der Waals surface area contributed by atoms with Crippen LogP contribution in [0.5, 0.6) is 0 Å². The molecule has 0 aliphatic carbocycles. The number of ether oxygens (including phenoxy) is 1. The minimum Gasteiger partial charge on any atom is -0.465 e. The van der Waals surface area contributed by atoms with Crippen molar-refractivity contribution >= 4 is 35.2 Å². The summed E-state index contributed by atoms with van der Waals surface area (Å²) in [7, 11) is 0. The van der Waals surface area contributed by atoms with Gasteiger partial charge in [-0.3, -0.25) is 14.4 Å². The fourth-order valence-electron chi connectivity index (χ4n) is 7.46. The van der Waals surface area contributed by atoms with Crippen molar-refractivity contribution in [2.45, 2.75) is 68.0 Å². The van der Waals surface area contributed by atoms with Crippen molar-refractivity contribution < 1.29 is 24.2 Å². The van der Waals surface area contributed by atoms with Crippen molar-refractivity contribution in [2.75, 3.05) is 24.7 Å². The second kappa shape index (κ2) is 13.1. The first kappa shape index (κ1) is 31.1. The van der Waals surface area contributed by atoms with Crippen molar-refractivity contribution in [1.82, 2.24) is 4.90 Å². The highest BCUT2D eigenvalue weighted by Crippen LogP contribution is 2.67. The molecule has 3 aliphatic heterocycles. The molecule has 0 saturated carbocycles. The average Bonchev–Trinajstić information content (AvgIpc) is 3.65. The molecule has 8 heteroatoms. The quantitative estimate of drug-likeness (QED) is 0.184. The molecule has 228 valence electrons. The van der Waals surface area contributed by atoms with Crippen molar-refractivity contribution in [1.29, 1.82) is 0 Å². The Bertz CT molecular complexity index is 1360. The number of para-hydroxylation sites is 1. The first-order valence-corrected chi connectivity index (χ1v) is 16.1. The zero-order chi connectivity index (χ0) is 30.7. The lowest BCUT2D eigenvalue weighted by molar-refractivity contribution is -0.154. The molecule has 6 atom stereocenters. The second-order valence-electron chi connectivity index (χ2n) is 11.8. The van der Waals surface area contributed by atoms with Crippen LogP contribution in [0.25, 0.3) is 0 Å². The van der Waals surface area contributed by atoms with Gasteiger partial charge in [-0.25, -0.2) is 0 Å². The third-order valence-corrected chi connectivity index (χ3v) is 11.2. The molecule has 0 aromatic heterocycles. The number of esters is 1. The van der Waals surface area contributed by atoms with Crippen LogP contribution in [0.1, 0.15) is 54.8 Å². The number of carbonyl (C=O) groups excluding carboxylic acids is 3. The van der Waals surface area contributed by atoms with Crippen LogP contribution in [0.2, 0.25) is 0 Å². The van der Waals surface area contributed by atoms with Crippen LogP contribution in [-0.2, 0) is 19.1 Å². The Labute approximate surface area is 259 Å². The Morgan fingerprint density at radius 2 is 1.84 bits per heavy atom. The van der Waals surface area contributed by atoms with E-state index in [1.807, 2.05) is 68.5 Å². The number of aliphatic hydroxyl groups is 1. The van der Waals surface area contributed by atoms with Gasteiger partial charge >= 0.3 is 5.97 Å².